The van der Waals surface area contributed by atoms with Gasteiger partial charge in [-0.05, 0) is 34.9 Å². The monoisotopic (exact) mass is 329 g/mol. The molecule has 24 heavy (non-hydrogen) atoms. The minimum atomic E-state index is -1.56. The van der Waals surface area contributed by atoms with Crippen LogP contribution in [0.15, 0.2) is 60.4 Å². The van der Waals surface area contributed by atoms with Crippen molar-refractivity contribution in [3.8, 4) is 11.1 Å². The van der Waals surface area contributed by atoms with Gasteiger partial charge in [0.05, 0.1) is 6.08 Å². The first-order chi connectivity index (χ1) is 11.4. The lowest BCUT2D eigenvalue weighted by atomic mass is 10.0. The first-order valence-electron chi connectivity index (χ1n) is 7.11. The third kappa shape index (κ3) is 4.42. The summed E-state index contributed by atoms with van der Waals surface area (Å²) in [6.07, 6.45) is 0.659. The molecule has 0 spiro atoms. The molecule has 0 unspecified atom stereocenters. The molecule has 0 saturated carbocycles. The van der Waals surface area contributed by atoms with Crippen LogP contribution in [-0.2, 0) is 16.1 Å². The van der Waals surface area contributed by atoms with E-state index in [1.54, 1.807) is 12.1 Å². The van der Waals surface area contributed by atoms with E-state index in [0.717, 1.165) is 16.7 Å². The largest absolute Gasteiger partial charge is 0.502 e. The molecule has 2 aromatic carbocycles. The molecular weight excluding hydrogens is 313 g/mol. The first kappa shape index (κ1) is 17.2. The highest BCUT2D eigenvalue weighted by Gasteiger charge is 2.12. The van der Waals surface area contributed by atoms with Gasteiger partial charge in [0.25, 0.3) is 5.91 Å². The highest BCUT2D eigenvalue weighted by molar-refractivity contribution is 5.95. The number of benzene rings is 2. The van der Waals surface area contributed by atoms with Crippen molar-refractivity contribution >= 4 is 11.9 Å². The number of rotatable bonds is 5. The summed E-state index contributed by atoms with van der Waals surface area (Å²) in [5.74, 6) is -3.51. The molecule has 5 nitrogen and oxygen atoms in total. The lowest BCUT2D eigenvalue weighted by Gasteiger charge is -2.16. The summed E-state index contributed by atoms with van der Waals surface area (Å²) in [5.41, 5.74) is 2.53. The van der Waals surface area contributed by atoms with Gasteiger partial charge in [0.15, 0.2) is 0 Å². The van der Waals surface area contributed by atoms with E-state index in [1.165, 1.54) is 24.1 Å². The summed E-state index contributed by atoms with van der Waals surface area (Å²) < 4.78 is 13.0. The molecule has 0 saturated heterocycles. The third-order valence-electron chi connectivity index (χ3n) is 3.38. The summed E-state index contributed by atoms with van der Waals surface area (Å²) >= 11 is 0. The van der Waals surface area contributed by atoms with E-state index in [9.17, 15) is 14.0 Å². The smallest absolute Gasteiger partial charge is 0.371 e. The molecule has 0 aliphatic heterocycles. The summed E-state index contributed by atoms with van der Waals surface area (Å²) in [4.78, 5) is 23.6. The van der Waals surface area contributed by atoms with Gasteiger partial charge in [-0.2, -0.15) is 0 Å². The number of likely N-dealkylation sites (N-methyl/N-ethyl adjacent to an activating group) is 1. The zero-order valence-corrected chi connectivity index (χ0v) is 12.9. The Bertz CT molecular complexity index is 784. The number of amides is 1. The summed E-state index contributed by atoms with van der Waals surface area (Å²) in [6.45, 7) is 0.233. The Labute approximate surface area is 138 Å². The normalized spacial score (nSPS) is 11.2. The van der Waals surface area contributed by atoms with Crippen LogP contribution in [0.2, 0.25) is 0 Å². The minimum absolute atomic E-state index is 0.233. The van der Waals surface area contributed by atoms with Crippen LogP contribution >= 0.6 is 0 Å². The number of carbonyl (C=O) groups is 2. The zero-order valence-electron chi connectivity index (χ0n) is 12.9. The molecule has 2 N–H and O–H groups in total. The van der Waals surface area contributed by atoms with Gasteiger partial charge in [-0.1, -0.05) is 30.3 Å². The van der Waals surface area contributed by atoms with Crippen LogP contribution in [-0.4, -0.2) is 34.0 Å². The maximum atomic E-state index is 13.0. The predicted octanol–water partition coefficient (Wildman–Crippen LogP) is 2.98. The topological polar surface area (TPSA) is 77.8 Å². The van der Waals surface area contributed by atoms with E-state index in [4.69, 9.17) is 10.2 Å². The van der Waals surface area contributed by atoms with Gasteiger partial charge in [-0.15, -0.1) is 0 Å². The zero-order chi connectivity index (χ0) is 17.7. The quantitative estimate of drug-likeness (QED) is 0.653. The molecule has 0 aromatic heterocycles. The number of aliphatic hydroxyl groups is 1. The minimum Gasteiger partial charge on any atom is -0.502 e. The molecule has 0 fully saturated rings. The Morgan fingerprint density at radius 2 is 1.75 bits per heavy atom. The molecule has 0 heterocycles. The van der Waals surface area contributed by atoms with E-state index in [1.807, 2.05) is 24.3 Å². The Balaban J connectivity index is 2.14. The number of hydrogen-bond acceptors (Lipinski definition) is 3. The van der Waals surface area contributed by atoms with Crippen LogP contribution in [0.25, 0.3) is 11.1 Å². The fraction of sp³-hybridized carbons (Fsp3) is 0.111. The molecule has 0 aliphatic rings. The highest BCUT2D eigenvalue weighted by atomic mass is 19.1. The predicted molar refractivity (Wildman–Crippen MR) is 86.7 cm³/mol. The lowest BCUT2D eigenvalue weighted by Crippen LogP contribution is -2.25. The van der Waals surface area contributed by atoms with Gasteiger partial charge < -0.3 is 15.1 Å². The van der Waals surface area contributed by atoms with Crippen molar-refractivity contribution in [3.05, 3.63) is 71.7 Å². The number of aliphatic carboxylic acids is 1. The Hall–Kier alpha value is -3.15. The second-order valence-corrected chi connectivity index (χ2v) is 5.24. The van der Waals surface area contributed by atoms with Gasteiger partial charge in [0, 0.05) is 13.6 Å². The van der Waals surface area contributed by atoms with E-state index in [-0.39, 0.29) is 12.4 Å². The summed E-state index contributed by atoms with van der Waals surface area (Å²) in [6, 6.07) is 13.4. The van der Waals surface area contributed by atoms with Gasteiger partial charge in [-0.25, -0.2) is 9.18 Å². The van der Waals surface area contributed by atoms with Crippen molar-refractivity contribution in [3.63, 3.8) is 0 Å². The first-order valence-corrected chi connectivity index (χ1v) is 7.11. The molecule has 124 valence electrons. The van der Waals surface area contributed by atoms with Crippen molar-refractivity contribution in [1.29, 1.82) is 0 Å². The van der Waals surface area contributed by atoms with Crippen LogP contribution in [0.4, 0.5) is 4.39 Å². The van der Waals surface area contributed by atoms with Crippen LogP contribution in [0.3, 0.4) is 0 Å². The average molecular weight is 329 g/mol. The van der Waals surface area contributed by atoms with Crippen LogP contribution < -0.4 is 0 Å². The Morgan fingerprint density at radius 1 is 1.08 bits per heavy atom. The van der Waals surface area contributed by atoms with Crippen molar-refractivity contribution < 1.29 is 24.2 Å². The second kappa shape index (κ2) is 7.41. The number of aliphatic hydroxyl groups excluding tert-OH is 1. The standard InChI is InChI=1S/C18H16FNO4/c1-20(17(22)10-16(21)18(23)24)11-12-3-2-4-14(9-12)13-5-7-15(19)8-6-13/h2-10,21H,11H2,1H3,(H,23,24)/b16-10-. The SMILES string of the molecule is CN(Cc1cccc(-c2ccc(F)cc2)c1)C(=O)/C=C(\O)C(=O)O. The maximum Gasteiger partial charge on any atom is 0.371 e. The molecule has 0 atom stereocenters. The fourth-order valence-corrected chi connectivity index (χ4v) is 2.13. The van der Waals surface area contributed by atoms with E-state index >= 15 is 0 Å². The number of carboxylic acid groups (broad SMARTS) is 1. The number of carboxylic acids is 1. The molecule has 0 aliphatic carbocycles. The summed E-state index contributed by atoms with van der Waals surface area (Å²) in [7, 11) is 1.50. The van der Waals surface area contributed by atoms with E-state index in [2.05, 4.69) is 0 Å². The van der Waals surface area contributed by atoms with E-state index in [0.29, 0.717) is 6.08 Å². The Kier molecular flexibility index (Phi) is 5.31. The van der Waals surface area contributed by atoms with Crippen LogP contribution in [0.5, 0.6) is 0 Å². The molecule has 2 aromatic rings. The molecule has 1 amide bonds. The highest BCUT2D eigenvalue weighted by Crippen LogP contribution is 2.21. The Morgan fingerprint density at radius 3 is 2.38 bits per heavy atom. The second-order valence-electron chi connectivity index (χ2n) is 5.24. The number of halogens is 1. The van der Waals surface area contributed by atoms with Gasteiger partial charge in [0.2, 0.25) is 5.76 Å². The third-order valence-corrected chi connectivity index (χ3v) is 3.38. The van der Waals surface area contributed by atoms with E-state index < -0.39 is 17.6 Å². The molecule has 0 radical (unpaired) electrons. The number of nitrogens with zero attached hydrogens (tertiary/aromatic N) is 1. The number of carbonyl (C=O) groups excluding carboxylic acids is 1. The van der Waals surface area contributed by atoms with Crippen molar-refractivity contribution in [2.45, 2.75) is 6.54 Å². The number of hydrogen-bond donors (Lipinski definition) is 2. The lowest BCUT2D eigenvalue weighted by molar-refractivity contribution is -0.136. The maximum absolute atomic E-state index is 13.0. The van der Waals surface area contributed by atoms with Crippen molar-refractivity contribution in [1.82, 2.24) is 4.90 Å². The van der Waals surface area contributed by atoms with Gasteiger partial charge >= 0.3 is 5.97 Å². The average Bonchev–Trinajstić information content (AvgIpc) is 2.55. The summed E-state index contributed by atoms with van der Waals surface area (Å²) in [5, 5.41) is 17.7. The molecule has 0 bridgehead atoms. The van der Waals surface area contributed by atoms with Gasteiger partial charge in [0.1, 0.15) is 5.82 Å². The van der Waals surface area contributed by atoms with Crippen molar-refractivity contribution in [2.24, 2.45) is 0 Å². The van der Waals surface area contributed by atoms with Crippen LogP contribution in [0.1, 0.15) is 5.56 Å². The molecule has 2 rings (SSSR count). The van der Waals surface area contributed by atoms with Gasteiger partial charge in [-0.3, -0.25) is 4.79 Å². The van der Waals surface area contributed by atoms with Crippen LogP contribution in [0, 0.1) is 5.82 Å². The molecule has 6 heteroatoms. The fourth-order valence-electron chi connectivity index (χ4n) is 2.13. The van der Waals surface area contributed by atoms with Crippen molar-refractivity contribution in [2.75, 3.05) is 7.05 Å². The molecular formula is C18H16FNO4.